The Morgan fingerprint density at radius 1 is 1.46 bits per heavy atom. The molecule has 0 saturated carbocycles. The first-order valence-corrected chi connectivity index (χ1v) is 8.75. The van der Waals surface area contributed by atoms with Crippen LogP contribution >= 0.6 is 23.4 Å². The molecule has 2 atom stereocenters. The molecule has 0 radical (unpaired) electrons. The fourth-order valence-electron chi connectivity index (χ4n) is 2.63. The molecule has 0 aromatic heterocycles. The predicted molar refractivity (Wildman–Crippen MR) is 90.4 cm³/mol. The van der Waals surface area contributed by atoms with Gasteiger partial charge < -0.3 is 10.0 Å². The topological polar surface area (TPSA) is 101 Å². The lowest BCUT2D eigenvalue weighted by molar-refractivity contribution is -0.387. The second-order valence-electron chi connectivity index (χ2n) is 5.67. The lowest BCUT2D eigenvalue weighted by Gasteiger charge is -2.36. The standard InChI is InChI=1S/C15H17ClN2O5S/c1-9-2-3-10(15(20)21)7-17(9)14(19)8-24-13-5-4-11(16)6-12(13)18(22)23/h4-6,9-10H,2-3,7-8H2,1H3,(H,20,21). The lowest BCUT2D eigenvalue weighted by atomic mass is 9.93. The maximum absolute atomic E-state index is 12.4. The minimum atomic E-state index is -0.902. The fourth-order valence-corrected chi connectivity index (χ4v) is 3.69. The first-order valence-electron chi connectivity index (χ1n) is 7.38. The van der Waals surface area contributed by atoms with Gasteiger partial charge in [-0.2, -0.15) is 0 Å². The van der Waals surface area contributed by atoms with Gasteiger partial charge >= 0.3 is 5.97 Å². The zero-order valence-corrected chi connectivity index (χ0v) is 14.5. The van der Waals surface area contributed by atoms with Gasteiger partial charge in [-0.3, -0.25) is 19.7 Å². The average Bonchev–Trinajstić information content (AvgIpc) is 2.53. The van der Waals surface area contributed by atoms with Gasteiger partial charge in [0, 0.05) is 23.7 Å². The molecule has 2 rings (SSSR count). The highest BCUT2D eigenvalue weighted by molar-refractivity contribution is 8.00. The van der Waals surface area contributed by atoms with E-state index in [1.807, 2.05) is 6.92 Å². The molecule has 1 aliphatic rings. The lowest BCUT2D eigenvalue weighted by Crippen LogP contribution is -2.48. The third-order valence-corrected chi connectivity index (χ3v) is 5.30. The first kappa shape index (κ1) is 18.5. The van der Waals surface area contributed by atoms with Crippen LogP contribution in [0.5, 0.6) is 0 Å². The molecule has 1 N–H and O–H groups in total. The molecule has 0 spiro atoms. The van der Waals surface area contributed by atoms with Gasteiger partial charge in [-0.1, -0.05) is 11.6 Å². The van der Waals surface area contributed by atoms with Gasteiger partial charge in [0.25, 0.3) is 5.69 Å². The fraction of sp³-hybridized carbons (Fsp3) is 0.467. The van der Waals surface area contributed by atoms with Crippen molar-refractivity contribution in [3.63, 3.8) is 0 Å². The SMILES string of the molecule is CC1CCC(C(=O)O)CN1C(=O)CSc1ccc(Cl)cc1[N+](=O)[O-]. The summed E-state index contributed by atoms with van der Waals surface area (Å²) in [5, 5.41) is 20.4. The molecule has 1 aliphatic heterocycles. The third-order valence-electron chi connectivity index (χ3n) is 4.02. The molecule has 1 aromatic rings. The van der Waals surface area contributed by atoms with Crippen molar-refractivity contribution >= 4 is 40.9 Å². The smallest absolute Gasteiger partial charge is 0.308 e. The van der Waals surface area contributed by atoms with E-state index in [0.717, 1.165) is 11.8 Å². The van der Waals surface area contributed by atoms with Crippen molar-refractivity contribution in [2.75, 3.05) is 12.3 Å². The number of hydrogen-bond donors (Lipinski definition) is 1. The Bertz CT molecular complexity index is 669. The van der Waals surface area contributed by atoms with Crippen LogP contribution in [0.2, 0.25) is 5.02 Å². The maximum Gasteiger partial charge on any atom is 0.308 e. The van der Waals surface area contributed by atoms with Crippen LogP contribution in [0.25, 0.3) is 0 Å². The summed E-state index contributed by atoms with van der Waals surface area (Å²) in [5.41, 5.74) is -0.143. The quantitative estimate of drug-likeness (QED) is 0.484. The molecular formula is C15H17ClN2O5S. The summed E-state index contributed by atoms with van der Waals surface area (Å²) >= 11 is 6.82. The zero-order valence-electron chi connectivity index (χ0n) is 13.0. The third kappa shape index (κ3) is 4.39. The first-order chi connectivity index (χ1) is 11.3. The number of aliphatic carboxylic acids is 1. The monoisotopic (exact) mass is 372 g/mol. The summed E-state index contributed by atoms with van der Waals surface area (Å²) in [4.78, 5) is 36.0. The summed E-state index contributed by atoms with van der Waals surface area (Å²) in [6, 6.07) is 4.26. The van der Waals surface area contributed by atoms with Crippen LogP contribution in [-0.2, 0) is 9.59 Å². The molecule has 0 aliphatic carbocycles. The summed E-state index contributed by atoms with van der Waals surface area (Å²) in [6.45, 7) is 2.06. The number of carbonyl (C=O) groups excluding carboxylic acids is 1. The van der Waals surface area contributed by atoms with Crippen LogP contribution in [0.15, 0.2) is 23.1 Å². The van der Waals surface area contributed by atoms with Crippen molar-refractivity contribution in [3.05, 3.63) is 33.3 Å². The highest BCUT2D eigenvalue weighted by Crippen LogP contribution is 2.32. The Hall–Kier alpha value is -1.80. The minimum absolute atomic E-state index is 0.0130. The van der Waals surface area contributed by atoms with Crippen LogP contribution in [0.1, 0.15) is 19.8 Å². The van der Waals surface area contributed by atoms with Crippen LogP contribution in [0, 0.1) is 16.0 Å². The Morgan fingerprint density at radius 3 is 2.79 bits per heavy atom. The van der Waals surface area contributed by atoms with E-state index < -0.39 is 16.8 Å². The van der Waals surface area contributed by atoms with Crippen molar-refractivity contribution in [2.24, 2.45) is 5.92 Å². The molecule has 1 saturated heterocycles. The maximum atomic E-state index is 12.4. The molecule has 1 heterocycles. The van der Waals surface area contributed by atoms with Gasteiger partial charge in [0.15, 0.2) is 0 Å². The molecule has 2 unspecified atom stereocenters. The van der Waals surface area contributed by atoms with E-state index in [9.17, 15) is 19.7 Å². The molecule has 7 nitrogen and oxygen atoms in total. The van der Waals surface area contributed by atoms with E-state index in [0.29, 0.717) is 17.7 Å². The number of nitro groups is 1. The van der Waals surface area contributed by atoms with Gasteiger partial charge in [-0.05, 0) is 31.9 Å². The van der Waals surface area contributed by atoms with Gasteiger partial charge in [0.1, 0.15) is 0 Å². The molecule has 1 aromatic carbocycles. The molecule has 24 heavy (non-hydrogen) atoms. The Kier molecular flexibility index (Phi) is 6.06. The van der Waals surface area contributed by atoms with Crippen LogP contribution < -0.4 is 0 Å². The van der Waals surface area contributed by atoms with Crippen molar-refractivity contribution in [1.29, 1.82) is 0 Å². The summed E-state index contributed by atoms with van der Waals surface area (Å²) in [7, 11) is 0. The summed E-state index contributed by atoms with van der Waals surface area (Å²) in [6.07, 6.45) is 1.19. The zero-order chi connectivity index (χ0) is 17.9. The van der Waals surface area contributed by atoms with E-state index in [1.54, 1.807) is 4.90 Å². The van der Waals surface area contributed by atoms with Crippen molar-refractivity contribution in [1.82, 2.24) is 4.90 Å². The number of hydrogen-bond acceptors (Lipinski definition) is 5. The molecular weight excluding hydrogens is 356 g/mol. The van der Waals surface area contributed by atoms with E-state index in [-0.39, 0.29) is 35.0 Å². The van der Waals surface area contributed by atoms with Crippen molar-refractivity contribution < 1.29 is 19.6 Å². The molecule has 1 fully saturated rings. The highest BCUT2D eigenvalue weighted by atomic mass is 35.5. The number of nitrogens with zero attached hydrogens (tertiary/aromatic N) is 2. The van der Waals surface area contributed by atoms with Crippen LogP contribution in [-0.4, -0.2) is 45.1 Å². The Labute approximate surface area is 148 Å². The second kappa shape index (κ2) is 7.85. The summed E-state index contributed by atoms with van der Waals surface area (Å²) in [5.74, 6) is -1.66. The number of piperidine rings is 1. The summed E-state index contributed by atoms with van der Waals surface area (Å²) < 4.78 is 0. The highest BCUT2D eigenvalue weighted by Gasteiger charge is 2.32. The van der Waals surface area contributed by atoms with E-state index in [4.69, 9.17) is 16.7 Å². The number of rotatable bonds is 5. The minimum Gasteiger partial charge on any atom is -0.481 e. The van der Waals surface area contributed by atoms with Gasteiger partial charge in [0.05, 0.1) is 21.5 Å². The van der Waals surface area contributed by atoms with Gasteiger partial charge in [-0.15, -0.1) is 11.8 Å². The van der Waals surface area contributed by atoms with Crippen molar-refractivity contribution in [2.45, 2.75) is 30.7 Å². The van der Waals surface area contributed by atoms with E-state index >= 15 is 0 Å². The molecule has 9 heteroatoms. The van der Waals surface area contributed by atoms with Crippen LogP contribution in [0.4, 0.5) is 5.69 Å². The predicted octanol–water partition coefficient (Wildman–Crippen LogP) is 3.05. The normalized spacial score (nSPS) is 20.7. The number of thioether (sulfide) groups is 1. The van der Waals surface area contributed by atoms with Gasteiger partial charge in [0.2, 0.25) is 5.91 Å². The number of nitro benzene ring substituents is 1. The Balaban J connectivity index is 2.05. The number of benzene rings is 1. The average molecular weight is 373 g/mol. The second-order valence-corrected chi connectivity index (χ2v) is 7.12. The molecule has 1 amide bonds. The largest absolute Gasteiger partial charge is 0.481 e. The number of carboxylic acid groups (broad SMARTS) is 1. The number of carboxylic acids is 1. The van der Waals surface area contributed by atoms with Gasteiger partial charge in [-0.25, -0.2) is 0 Å². The number of amides is 1. The molecule has 130 valence electrons. The number of likely N-dealkylation sites (tertiary alicyclic amines) is 1. The molecule has 0 bridgehead atoms. The van der Waals surface area contributed by atoms with E-state index in [1.165, 1.54) is 18.2 Å². The Morgan fingerprint density at radius 2 is 2.17 bits per heavy atom. The van der Waals surface area contributed by atoms with E-state index in [2.05, 4.69) is 0 Å². The van der Waals surface area contributed by atoms with Crippen molar-refractivity contribution in [3.8, 4) is 0 Å². The number of carbonyl (C=O) groups is 2. The number of halogens is 1. The van der Waals surface area contributed by atoms with Crippen LogP contribution in [0.3, 0.4) is 0 Å².